The van der Waals surface area contributed by atoms with Crippen LogP contribution in [0.3, 0.4) is 0 Å². The van der Waals surface area contributed by atoms with E-state index < -0.39 is 6.04 Å². The summed E-state index contributed by atoms with van der Waals surface area (Å²) in [5.74, 6) is -0.631. The second-order valence-corrected chi connectivity index (χ2v) is 2.89. The first kappa shape index (κ1) is 9.73. The summed E-state index contributed by atoms with van der Waals surface area (Å²) in [7, 11) is 0. The topological polar surface area (TPSA) is 78.4 Å². The molecule has 1 heterocycles. The standard InChI is InChI=1S/C8H12N2O3/c1-2-7(12)10-6-3-5(4-11)9-8(6)13/h2,5-6,11H,1,3-4H2,(H,9,13)(H,10,12)/t5-,6-/m1/s1. The first-order valence-corrected chi connectivity index (χ1v) is 4.01. The first-order valence-electron chi connectivity index (χ1n) is 4.01. The molecule has 5 heteroatoms. The number of hydrogen-bond donors (Lipinski definition) is 3. The number of carbonyl (C=O) groups is 2. The number of carbonyl (C=O) groups excluding carboxylic acids is 2. The lowest BCUT2D eigenvalue weighted by Gasteiger charge is -2.06. The Labute approximate surface area is 75.8 Å². The van der Waals surface area contributed by atoms with Crippen LogP contribution in [0.4, 0.5) is 0 Å². The fourth-order valence-corrected chi connectivity index (χ4v) is 1.23. The predicted octanol–water partition coefficient (Wildman–Crippen LogP) is -1.46. The van der Waals surface area contributed by atoms with Crippen LogP contribution >= 0.6 is 0 Å². The normalized spacial score (nSPS) is 26.7. The zero-order chi connectivity index (χ0) is 9.84. The smallest absolute Gasteiger partial charge is 0.244 e. The van der Waals surface area contributed by atoms with E-state index in [9.17, 15) is 9.59 Å². The average molecular weight is 184 g/mol. The lowest BCUT2D eigenvalue weighted by molar-refractivity contribution is -0.125. The summed E-state index contributed by atoms with van der Waals surface area (Å²) in [5, 5.41) is 13.8. The maximum Gasteiger partial charge on any atom is 0.244 e. The van der Waals surface area contributed by atoms with Crippen LogP contribution in [0.1, 0.15) is 6.42 Å². The van der Waals surface area contributed by atoms with Gasteiger partial charge in [0.1, 0.15) is 6.04 Å². The van der Waals surface area contributed by atoms with E-state index in [2.05, 4.69) is 17.2 Å². The molecule has 1 fully saturated rings. The third-order valence-corrected chi connectivity index (χ3v) is 1.91. The van der Waals surface area contributed by atoms with Crippen LogP contribution in [0.25, 0.3) is 0 Å². The van der Waals surface area contributed by atoms with Crippen molar-refractivity contribution < 1.29 is 14.7 Å². The predicted molar refractivity (Wildman–Crippen MR) is 45.8 cm³/mol. The molecule has 0 aliphatic carbocycles. The Hall–Kier alpha value is -1.36. The van der Waals surface area contributed by atoms with Gasteiger partial charge in [-0.15, -0.1) is 0 Å². The van der Waals surface area contributed by atoms with Crippen molar-refractivity contribution in [2.24, 2.45) is 0 Å². The van der Waals surface area contributed by atoms with E-state index in [1.54, 1.807) is 0 Å². The summed E-state index contributed by atoms with van der Waals surface area (Å²) in [4.78, 5) is 22.0. The van der Waals surface area contributed by atoms with Crippen LogP contribution in [0, 0.1) is 0 Å². The minimum Gasteiger partial charge on any atom is -0.394 e. The van der Waals surface area contributed by atoms with Crippen molar-refractivity contribution in [1.82, 2.24) is 10.6 Å². The minimum atomic E-state index is -0.539. The Morgan fingerprint density at radius 1 is 1.85 bits per heavy atom. The molecule has 0 aromatic carbocycles. The van der Waals surface area contributed by atoms with Crippen molar-refractivity contribution >= 4 is 11.8 Å². The zero-order valence-corrected chi connectivity index (χ0v) is 7.12. The average Bonchev–Trinajstić information content (AvgIpc) is 2.47. The van der Waals surface area contributed by atoms with Crippen molar-refractivity contribution in [3.63, 3.8) is 0 Å². The van der Waals surface area contributed by atoms with Gasteiger partial charge < -0.3 is 15.7 Å². The maximum atomic E-state index is 11.1. The number of aliphatic hydroxyl groups is 1. The fraction of sp³-hybridized carbons (Fsp3) is 0.500. The summed E-state index contributed by atoms with van der Waals surface area (Å²) in [5.41, 5.74) is 0. The summed E-state index contributed by atoms with van der Waals surface area (Å²) < 4.78 is 0. The second-order valence-electron chi connectivity index (χ2n) is 2.89. The second kappa shape index (κ2) is 4.04. The molecule has 0 unspecified atom stereocenters. The molecule has 2 amide bonds. The summed E-state index contributed by atoms with van der Waals surface area (Å²) in [6.45, 7) is 3.17. The molecule has 0 radical (unpaired) electrons. The highest BCUT2D eigenvalue weighted by atomic mass is 16.3. The Bertz CT molecular complexity index is 240. The Morgan fingerprint density at radius 2 is 2.54 bits per heavy atom. The number of aliphatic hydroxyl groups excluding tert-OH is 1. The van der Waals surface area contributed by atoms with Gasteiger partial charge in [-0.25, -0.2) is 0 Å². The highest BCUT2D eigenvalue weighted by molar-refractivity contribution is 5.93. The number of nitrogens with one attached hydrogen (secondary N) is 2. The molecule has 1 aliphatic heterocycles. The molecule has 2 atom stereocenters. The third-order valence-electron chi connectivity index (χ3n) is 1.91. The lowest BCUT2D eigenvalue weighted by atomic mass is 10.2. The van der Waals surface area contributed by atoms with Crippen LogP contribution in [0.2, 0.25) is 0 Å². The monoisotopic (exact) mass is 184 g/mol. The molecule has 5 nitrogen and oxygen atoms in total. The number of amides is 2. The van der Waals surface area contributed by atoms with Crippen molar-refractivity contribution in [1.29, 1.82) is 0 Å². The van der Waals surface area contributed by atoms with Crippen molar-refractivity contribution in [3.8, 4) is 0 Å². The van der Waals surface area contributed by atoms with Gasteiger partial charge in [0.05, 0.1) is 12.6 Å². The molecule has 0 spiro atoms. The molecule has 0 aromatic rings. The minimum absolute atomic E-state index is 0.105. The molecule has 1 aliphatic rings. The summed E-state index contributed by atoms with van der Waals surface area (Å²) in [6.07, 6.45) is 1.54. The van der Waals surface area contributed by atoms with Gasteiger partial charge in [0, 0.05) is 0 Å². The van der Waals surface area contributed by atoms with Gasteiger partial charge in [0.25, 0.3) is 0 Å². The highest BCUT2D eigenvalue weighted by Crippen LogP contribution is 2.07. The van der Waals surface area contributed by atoms with Crippen molar-refractivity contribution in [2.75, 3.05) is 6.61 Å². The molecule has 72 valence electrons. The van der Waals surface area contributed by atoms with Crippen LogP contribution in [0.15, 0.2) is 12.7 Å². The van der Waals surface area contributed by atoms with Crippen molar-refractivity contribution in [3.05, 3.63) is 12.7 Å². The molecule has 1 rings (SSSR count). The molecular weight excluding hydrogens is 172 g/mol. The first-order chi connectivity index (χ1) is 6.17. The maximum absolute atomic E-state index is 11.1. The van der Waals surface area contributed by atoms with Crippen molar-refractivity contribution in [2.45, 2.75) is 18.5 Å². The van der Waals surface area contributed by atoms with Crippen LogP contribution in [0.5, 0.6) is 0 Å². The van der Waals surface area contributed by atoms with Gasteiger partial charge in [-0.3, -0.25) is 9.59 Å². The van der Waals surface area contributed by atoms with E-state index in [0.717, 1.165) is 6.08 Å². The van der Waals surface area contributed by atoms with Gasteiger partial charge in [-0.05, 0) is 12.5 Å². The van der Waals surface area contributed by atoms with Crippen LogP contribution in [-0.4, -0.2) is 35.6 Å². The largest absolute Gasteiger partial charge is 0.394 e. The lowest BCUT2D eigenvalue weighted by Crippen LogP contribution is -2.39. The van der Waals surface area contributed by atoms with E-state index in [-0.39, 0.29) is 24.5 Å². The molecular formula is C8H12N2O3. The number of rotatable bonds is 3. The molecule has 0 saturated carbocycles. The summed E-state index contributed by atoms with van der Waals surface area (Å²) >= 11 is 0. The van der Waals surface area contributed by atoms with Crippen LogP contribution < -0.4 is 10.6 Å². The molecule has 1 saturated heterocycles. The molecule has 13 heavy (non-hydrogen) atoms. The quantitative estimate of drug-likeness (QED) is 0.469. The van der Waals surface area contributed by atoms with Gasteiger partial charge in [0.2, 0.25) is 11.8 Å². The number of hydrogen-bond acceptors (Lipinski definition) is 3. The van der Waals surface area contributed by atoms with E-state index in [1.807, 2.05) is 0 Å². The van der Waals surface area contributed by atoms with E-state index >= 15 is 0 Å². The van der Waals surface area contributed by atoms with Gasteiger partial charge in [-0.1, -0.05) is 6.58 Å². The van der Waals surface area contributed by atoms with Gasteiger partial charge >= 0.3 is 0 Å². The van der Waals surface area contributed by atoms with E-state index in [1.165, 1.54) is 0 Å². The molecule has 3 N–H and O–H groups in total. The Balaban J connectivity index is 2.48. The fourth-order valence-electron chi connectivity index (χ4n) is 1.23. The summed E-state index contributed by atoms with van der Waals surface area (Å²) in [6, 6.07) is -0.787. The van der Waals surface area contributed by atoms with Gasteiger partial charge in [-0.2, -0.15) is 0 Å². The zero-order valence-electron chi connectivity index (χ0n) is 7.12. The Morgan fingerprint density at radius 3 is 3.00 bits per heavy atom. The Kier molecular flexibility index (Phi) is 3.02. The SMILES string of the molecule is C=CC(=O)N[C@@H]1C[C@H](CO)NC1=O. The van der Waals surface area contributed by atoms with Crippen LogP contribution in [-0.2, 0) is 9.59 Å². The molecule has 0 aromatic heterocycles. The molecule has 0 bridgehead atoms. The van der Waals surface area contributed by atoms with Gasteiger partial charge in [0.15, 0.2) is 0 Å². The van der Waals surface area contributed by atoms with E-state index in [4.69, 9.17) is 5.11 Å². The highest BCUT2D eigenvalue weighted by Gasteiger charge is 2.31. The van der Waals surface area contributed by atoms with E-state index in [0.29, 0.717) is 6.42 Å². The third kappa shape index (κ3) is 2.29.